The fraction of sp³-hybridized carbons (Fsp3) is 0. The Hall–Kier alpha value is -4.28. The molecule has 0 bridgehead atoms. The molecule has 0 N–H and O–H groups in total. The first-order valence-electron chi connectivity index (χ1n) is 11.3. The molecule has 3 nitrogen and oxygen atoms in total. The van der Waals surface area contributed by atoms with Crippen LogP contribution in [0.2, 0.25) is 0 Å². The molecule has 0 unspecified atom stereocenters. The fourth-order valence-corrected chi connectivity index (χ4v) is 5.60. The monoisotopic (exact) mass is 453 g/mol. The van der Waals surface area contributed by atoms with Gasteiger partial charge in [0.2, 0.25) is 5.95 Å². The predicted octanol–water partition coefficient (Wildman–Crippen LogP) is 8.12. The molecule has 0 spiro atoms. The molecule has 0 radical (unpaired) electrons. The van der Waals surface area contributed by atoms with Crippen LogP contribution >= 0.6 is 11.3 Å². The summed E-state index contributed by atoms with van der Waals surface area (Å²) in [6.45, 7) is 0. The lowest BCUT2D eigenvalue weighted by Gasteiger charge is -2.11. The van der Waals surface area contributed by atoms with E-state index in [9.17, 15) is 0 Å². The van der Waals surface area contributed by atoms with E-state index in [1.807, 2.05) is 6.07 Å². The molecular weight excluding hydrogens is 434 g/mol. The van der Waals surface area contributed by atoms with E-state index in [-0.39, 0.29) is 0 Å². The molecule has 160 valence electrons. The molecule has 4 aromatic carbocycles. The molecule has 0 fully saturated rings. The van der Waals surface area contributed by atoms with Gasteiger partial charge in [0.15, 0.2) is 0 Å². The van der Waals surface area contributed by atoms with Gasteiger partial charge in [0, 0.05) is 16.3 Å². The number of nitrogens with zero attached hydrogens (tertiary/aromatic N) is 3. The topological polar surface area (TPSA) is 30.7 Å². The fourth-order valence-electron chi connectivity index (χ4n) is 4.76. The first kappa shape index (κ1) is 19.2. The first-order valence-corrected chi connectivity index (χ1v) is 12.1. The Labute approximate surface area is 200 Å². The van der Waals surface area contributed by atoms with E-state index in [0.29, 0.717) is 5.95 Å². The summed E-state index contributed by atoms with van der Waals surface area (Å²) in [4.78, 5) is 10.2. The van der Waals surface area contributed by atoms with Gasteiger partial charge < -0.3 is 0 Å². The normalized spacial score (nSPS) is 11.5. The number of hydrogen-bond acceptors (Lipinski definition) is 3. The Kier molecular flexibility index (Phi) is 4.32. The van der Waals surface area contributed by atoms with Crippen molar-refractivity contribution >= 4 is 43.4 Å². The summed E-state index contributed by atoms with van der Waals surface area (Å²) in [5.41, 5.74) is 7.64. The second-order valence-electron chi connectivity index (χ2n) is 8.32. The number of thiophene rings is 1. The van der Waals surface area contributed by atoms with Crippen LogP contribution in [-0.2, 0) is 0 Å². The number of benzene rings is 4. The van der Waals surface area contributed by atoms with Crippen LogP contribution in [0.1, 0.15) is 0 Å². The maximum Gasteiger partial charge on any atom is 0.235 e. The lowest BCUT2D eigenvalue weighted by Crippen LogP contribution is -2.02. The van der Waals surface area contributed by atoms with Crippen LogP contribution in [0.3, 0.4) is 0 Å². The van der Waals surface area contributed by atoms with Crippen molar-refractivity contribution in [2.24, 2.45) is 0 Å². The molecule has 0 aliphatic rings. The average Bonchev–Trinajstić information content (AvgIpc) is 3.51. The third-order valence-electron chi connectivity index (χ3n) is 6.31. The van der Waals surface area contributed by atoms with Crippen molar-refractivity contribution in [3.05, 3.63) is 115 Å². The molecular formula is C30H19N3S. The Morgan fingerprint density at radius 3 is 1.97 bits per heavy atom. The van der Waals surface area contributed by atoms with Gasteiger partial charge in [0.25, 0.3) is 0 Å². The maximum atomic E-state index is 5.18. The highest BCUT2D eigenvalue weighted by molar-refractivity contribution is 7.17. The van der Waals surface area contributed by atoms with E-state index < -0.39 is 0 Å². The van der Waals surface area contributed by atoms with Gasteiger partial charge in [-0.05, 0) is 40.8 Å². The van der Waals surface area contributed by atoms with Crippen molar-refractivity contribution in [3.8, 4) is 28.3 Å². The Morgan fingerprint density at radius 1 is 0.559 bits per heavy atom. The van der Waals surface area contributed by atoms with Crippen molar-refractivity contribution < 1.29 is 0 Å². The van der Waals surface area contributed by atoms with Crippen molar-refractivity contribution in [1.82, 2.24) is 14.5 Å². The van der Waals surface area contributed by atoms with Crippen molar-refractivity contribution in [1.29, 1.82) is 0 Å². The first-order chi connectivity index (χ1) is 16.9. The minimum Gasteiger partial charge on any atom is -0.278 e. The van der Waals surface area contributed by atoms with E-state index >= 15 is 0 Å². The molecule has 0 saturated carbocycles. The highest BCUT2D eigenvalue weighted by atomic mass is 32.1. The Bertz CT molecular complexity index is 1760. The molecule has 4 heteroatoms. The minimum absolute atomic E-state index is 0.698. The molecule has 0 aliphatic carbocycles. The van der Waals surface area contributed by atoms with E-state index in [1.165, 1.54) is 21.9 Å². The molecule has 0 atom stereocenters. The smallest absolute Gasteiger partial charge is 0.235 e. The summed E-state index contributed by atoms with van der Waals surface area (Å²) in [6.07, 6.45) is 0. The van der Waals surface area contributed by atoms with Crippen LogP contribution in [-0.4, -0.2) is 14.5 Å². The van der Waals surface area contributed by atoms with Gasteiger partial charge >= 0.3 is 0 Å². The largest absolute Gasteiger partial charge is 0.278 e. The Morgan fingerprint density at radius 2 is 1.21 bits per heavy atom. The van der Waals surface area contributed by atoms with Crippen LogP contribution in [0.5, 0.6) is 0 Å². The standard InChI is InChI=1S/C30H19N3S/c1-2-9-20(10-3-1)21-11-8-12-22(19-21)28-29-25(17-18-34-29)31-30(32-28)33-26-15-6-4-13-23(26)24-14-5-7-16-27(24)33/h1-19H. The van der Waals surface area contributed by atoms with Gasteiger partial charge in [-0.25, -0.2) is 9.97 Å². The molecule has 3 heterocycles. The van der Waals surface area contributed by atoms with Crippen LogP contribution in [0.4, 0.5) is 0 Å². The summed E-state index contributed by atoms with van der Waals surface area (Å²) in [6, 6.07) is 38.1. The van der Waals surface area contributed by atoms with Gasteiger partial charge in [-0.3, -0.25) is 4.57 Å². The second-order valence-corrected chi connectivity index (χ2v) is 9.24. The van der Waals surface area contributed by atoms with Gasteiger partial charge in [0.1, 0.15) is 0 Å². The highest BCUT2D eigenvalue weighted by Gasteiger charge is 2.17. The lowest BCUT2D eigenvalue weighted by atomic mass is 10.0. The van der Waals surface area contributed by atoms with E-state index in [4.69, 9.17) is 9.97 Å². The van der Waals surface area contributed by atoms with E-state index in [2.05, 4.69) is 113 Å². The zero-order valence-electron chi connectivity index (χ0n) is 18.2. The zero-order chi connectivity index (χ0) is 22.5. The number of aromatic nitrogens is 3. The number of fused-ring (bicyclic) bond motifs is 4. The van der Waals surface area contributed by atoms with Gasteiger partial charge in [-0.15, -0.1) is 11.3 Å². The van der Waals surface area contributed by atoms with Crippen molar-refractivity contribution in [3.63, 3.8) is 0 Å². The number of hydrogen-bond donors (Lipinski definition) is 0. The molecule has 7 aromatic rings. The van der Waals surface area contributed by atoms with Gasteiger partial charge in [-0.2, -0.15) is 0 Å². The average molecular weight is 454 g/mol. The zero-order valence-corrected chi connectivity index (χ0v) is 19.0. The third-order valence-corrected chi connectivity index (χ3v) is 7.23. The highest BCUT2D eigenvalue weighted by Crippen LogP contribution is 2.36. The van der Waals surface area contributed by atoms with Gasteiger partial charge in [0.05, 0.1) is 26.9 Å². The van der Waals surface area contributed by atoms with Gasteiger partial charge in [-0.1, -0.05) is 84.9 Å². The maximum absolute atomic E-state index is 5.18. The van der Waals surface area contributed by atoms with Crippen LogP contribution in [0, 0.1) is 0 Å². The summed E-state index contributed by atoms with van der Waals surface area (Å²) in [5.74, 6) is 0.698. The summed E-state index contributed by atoms with van der Waals surface area (Å²) >= 11 is 1.69. The number of para-hydroxylation sites is 2. The molecule has 7 rings (SSSR count). The van der Waals surface area contributed by atoms with Crippen LogP contribution in [0.15, 0.2) is 115 Å². The van der Waals surface area contributed by atoms with E-state index in [0.717, 1.165) is 32.5 Å². The third kappa shape index (κ3) is 2.96. The van der Waals surface area contributed by atoms with E-state index in [1.54, 1.807) is 11.3 Å². The molecule has 34 heavy (non-hydrogen) atoms. The minimum atomic E-state index is 0.698. The molecule has 0 amide bonds. The molecule has 0 saturated heterocycles. The Balaban J connectivity index is 1.51. The van der Waals surface area contributed by atoms with Crippen LogP contribution < -0.4 is 0 Å². The predicted molar refractivity (Wildman–Crippen MR) is 143 cm³/mol. The second kappa shape index (κ2) is 7.65. The summed E-state index contributed by atoms with van der Waals surface area (Å²) in [5, 5.41) is 4.51. The van der Waals surface area contributed by atoms with Crippen LogP contribution in [0.25, 0.3) is 60.4 Å². The molecule has 0 aliphatic heterocycles. The number of rotatable bonds is 3. The summed E-state index contributed by atoms with van der Waals surface area (Å²) < 4.78 is 3.29. The lowest BCUT2D eigenvalue weighted by molar-refractivity contribution is 1.02. The quantitative estimate of drug-likeness (QED) is 0.270. The molecule has 3 aromatic heterocycles. The van der Waals surface area contributed by atoms with Crippen molar-refractivity contribution in [2.45, 2.75) is 0 Å². The summed E-state index contributed by atoms with van der Waals surface area (Å²) in [7, 11) is 0. The SMILES string of the molecule is c1ccc(-c2cccc(-c3nc(-n4c5ccccc5c5ccccc54)nc4ccsc34)c2)cc1. The van der Waals surface area contributed by atoms with Crippen molar-refractivity contribution in [2.75, 3.05) is 0 Å².